The van der Waals surface area contributed by atoms with E-state index in [1.165, 1.54) is 38.5 Å². The maximum Gasteiger partial charge on any atom is 0.0653 e. The molecule has 10 atom stereocenters. The summed E-state index contributed by atoms with van der Waals surface area (Å²) >= 11 is 0. The summed E-state index contributed by atoms with van der Waals surface area (Å²) < 4.78 is 0. The van der Waals surface area contributed by atoms with Crippen LogP contribution >= 0.6 is 0 Å². The summed E-state index contributed by atoms with van der Waals surface area (Å²) in [4.78, 5) is 0. The zero-order valence-electron chi connectivity index (χ0n) is 19.2. The third-order valence-corrected chi connectivity index (χ3v) is 10.3. The number of hydrogen-bond acceptors (Lipinski definition) is 3. The molecular weight excluding hydrogens is 360 g/mol. The number of unbranched alkanes of at least 4 members (excludes halogenated alkanes) is 3. The average molecular weight is 407 g/mol. The standard InChI is InChI=1S/C26H46O3/c1-4-5-6-7-13-26(3,29)24-11-10-22-20-16-23(28)21-15-17(27)8-9-18(21)19(20)12-14-25(22,24)2/h17-24,27-29H,4-16H2,1-3H3/t17?,18?,19-,20?,21?,22+,23+,24?,25?,26+/m1/s1. The van der Waals surface area contributed by atoms with Gasteiger partial charge in [-0.15, -0.1) is 0 Å². The van der Waals surface area contributed by atoms with Crippen LogP contribution in [0.5, 0.6) is 0 Å². The molecule has 0 aromatic carbocycles. The maximum atomic E-state index is 11.5. The summed E-state index contributed by atoms with van der Waals surface area (Å²) in [6.45, 7) is 6.85. The molecular formula is C26H46O3. The molecule has 4 fully saturated rings. The van der Waals surface area contributed by atoms with Gasteiger partial charge in [0.25, 0.3) is 0 Å². The maximum absolute atomic E-state index is 11.5. The van der Waals surface area contributed by atoms with Gasteiger partial charge in [-0.3, -0.25) is 0 Å². The van der Waals surface area contributed by atoms with Gasteiger partial charge in [0.1, 0.15) is 0 Å². The van der Waals surface area contributed by atoms with Crippen LogP contribution < -0.4 is 0 Å². The van der Waals surface area contributed by atoms with E-state index in [0.29, 0.717) is 29.6 Å². The van der Waals surface area contributed by atoms with Crippen LogP contribution in [0.1, 0.15) is 104 Å². The zero-order chi connectivity index (χ0) is 20.8. The van der Waals surface area contributed by atoms with Gasteiger partial charge in [0.05, 0.1) is 17.8 Å². The van der Waals surface area contributed by atoms with Crippen molar-refractivity contribution in [2.75, 3.05) is 0 Å². The molecule has 3 heteroatoms. The van der Waals surface area contributed by atoms with E-state index in [0.717, 1.165) is 50.9 Å². The van der Waals surface area contributed by atoms with Crippen molar-refractivity contribution in [3.63, 3.8) is 0 Å². The minimum Gasteiger partial charge on any atom is -0.393 e. The molecule has 0 heterocycles. The lowest BCUT2D eigenvalue weighted by atomic mass is 9.48. The van der Waals surface area contributed by atoms with E-state index < -0.39 is 5.60 Å². The number of aliphatic hydroxyl groups excluding tert-OH is 2. The molecule has 0 amide bonds. The average Bonchev–Trinajstić information content (AvgIpc) is 3.04. The lowest BCUT2D eigenvalue weighted by Gasteiger charge is -2.58. The highest BCUT2D eigenvalue weighted by Crippen LogP contribution is 2.66. The minimum absolute atomic E-state index is 0.199. The normalized spacial score (nSPS) is 49.0. The fourth-order valence-corrected chi connectivity index (χ4v) is 8.93. The Morgan fingerprint density at radius 2 is 1.62 bits per heavy atom. The predicted octanol–water partition coefficient (Wildman–Crippen LogP) is 5.31. The van der Waals surface area contributed by atoms with Crippen molar-refractivity contribution in [2.24, 2.45) is 40.9 Å². The Bertz CT molecular complexity index is 560. The van der Waals surface area contributed by atoms with Gasteiger partial charge in [-0.05, 0) is 106 Å². The van der Waals surface area contributed by atoms with Crippen molar-refractivity contribution >= 4 is 0 Å². The second-order valence-electron chi connectivity index (χ2n) is 11.9. The Morgan fingerprint density at radius 3 is 2.38 bits per heavy atom. The van der Waals surface area contributed by atoms with Crippen molar-refractivity contribution in [3.05, 3.63) is 0 Å². The summed E-state index contributed by atoms with van der Waals surface area (Å²) in [7, 11) is 0. The molecule has 0 bridgehead atoms. The first-order chi connectivity index (χ1) is 13.8. The molecule has 3 N–H and O–H groups in total. The lowest BCUT2D eigenvalue weighted by Crippen LogP contribution is -2.55. The molecule has 6 unspecified atom stereocenters. The van der Waals surface area contributed by atoms with E-state index in [1.54, 1.807) is 0 Å². The highest BCUT2D eigenvalue weighted by atomic mass is 16.3. The largest absolute Gasteiger partial charge is 0.393 e. The fourth-order valence-electron chi connectivity index (χ4n) is 8.93. The van der Waals surface area contributed by atoms with Crippen molar-refractivity contribution in [1.82, 2.24) is 0 Å². The number of fused-ring (bicyclic) bond motifs is 5. The minimum atomic E-state index is -0.547. The second kappa shape index (κ2) is 8.43. The molecule has 0 spiro atoms. The van der Waals surface area contributed by atoms with Crippen LogP contribution in [0.2, 0.25) is 0 Å². The Morgan fingerprint density at radius 1 is 0.862 bits per heavy atom. The van der Waals surface area contributed by atoms with Gasteiger partial charge in [-0.1, -0.05) is 39.5 Å². The van der Waals surface area contributed by atoms with E-state index in [4.69, 9.17) is 0 Å². The highest BCUT2D eigenvalue weighted by Gasteiger charge is 2.61. The van der Waals surface area contributed by atoms with Crippen LogP contribution in [-0.4, -0.2) is 33.1 Å². The van der Waals surface area contributed by atoms with Gasteiger partial charge in [-0.25, -0.2) is 0 Å². The van der Waals surface area contributed by atoms with E-state index in [-0.39, 0.29) is 17.6 Å². The molecule has 4 rings (SSSR count). The zero-order valence-corrected chi connectivity index (χ0v) is 19.2. The summed E-state index contributed by atoms with van der Waals surface area (Å²) in [5.74, 6) is 3.37. The molecule has 4 aliphatic carbocycles. The Hall–Kier alpha value is -0.120. The number of rotatable bonds is 6. The van der Waals surface area contributed by atoms with E-state index in [9.17, 15) is 15.3 Å². The topological polar surface area (TPSA) is 60.7 Å². The van der Waals surface area contributed by atoms with Gasteiger partial charge in [0.15, 0.2) is 0 Å². The van der Waals surface area contributed by atoms with Crippen molar-refractivity contribution < 1.29 is 15.3 Å². The van der Waals surface area contributed by atoms with Crippen LogP contribution in [0, 0.1) is 40.9 Å². The monoisotopic (exact) mass is 406 g/mol. The fraction of sp³-hybridized carbons (Fsp3) is 1.00. The van der Waals surface area contributed by atoms with E-state index >= 15 is 0 Å². The first-order valence-corrected chi connectivity index (χ1v) is 12.9. The van der Waals surface area contributed by atoms with Crippen LogP contribution in [0.4, 0.5) is 0 Å². The van der Waals surface area contributed by atoms with Crippen LogP contribution in [-0.2, 0) is 0 Å². The van der Waals surface area contributed by atoms with Crippen LogP contribution in [0.3, 0.4) is 0 Å². The first-order valence-electron chi connectivity index (χ1n) is 12.9. The predicted molar refractivity (Wildman–Crippen MR) is 117 cm³/mol. The van der Waals surface area contributed by atoms with Crippen molar-refractivity contribution in [3.8, 4) is 0 Å². The Kier molecular flexibility index (Phi) is 6.42. The smallest absolute Gasteiger partial charge is 0.0653 e. The summed E-state index contributed by atoms with van der Waals surface area (Å²) in [5.41, 5.74) is -0.314. The van der Waals surface area contributed by atoms with Gasteiger partial charge in [0, 0.05) is 0 Å². The van der Waals surface area contributed by atoms with Crippen molar-refractivity contribution in [1.29, 1.82) is 0 Å². The molecule has 0 aromatic rings. The summed E-state index contributed by atoms with van der Waals surface area (Å²) in [5, 5.41) is 32.6. The van der Waals surface area contributed by atoms with Gasteiger partial charge < -0.3 is 15.3 Å². The molecule has 4 saturated carbocycles. The van der Waals surface area contributed by atoms with Crippen LogP contribution in [0.15, 0.2) is 0 Å². The molecule has 29 heavy (non-hydrogen) atoms. The third-order valence-electron chi connectivity index (χ3n) is 10.3. The second-order valence-corrected chi connectivity index (χ2v) is 11.9. The molecule has 168 valence electrons. The summed E-state index contributed by atoms with van der Waals surface area (Å²) in [6, 6.07) is 0. The lowest BCUT2D eigenvalue weighted by molar-refractivity contribution is -0.143. The molecule has 4 aliphatic rings. The number of hydrogen-bond donors (Lipinski definition) is 3. The highest BCUT2D eigenvalue weighted by molar-refractivity contribution is 5.10. The Labute approximate surface area is 178 Å². The van der Waals surface area contributed by atoms with Gasteiger partial charge in [0.2, 0.25) is 0 Å². The van der Waals surface area contributed by atoms with E-state index in [2.05, 4.69) is 20.8 Å². The first kappa shape index (κ1) is 22.1. The van der Waals surface area contributed by atoms with Crippen molar-refractivity contribution in [2.45, 2.75) is 122 Å². The summed E-state index contributed by atoms with van der Waals surface area (Å²) in [6.07, 6.45) is 14.1. The molecule has 3 nitrogen and oxygen atoms in total. The number of aliphatic hydroxyl groups is 3. The SMILES string of the molecule is CCCCCC[C@](C)(O)C1CC[C@H]2C3C[C@H](O)C4CC(O)CCC4[C@H]3CCC12C. The van der Waals surface area contributed by atoms with Crippen LogP contribution in [0.25, 0.3) is 0 Å². The van der Waals surface area contributed by atoms with E-state index in [1.807, 2.05) is 0 Å². The third kappa shape index (κ3) is 3.94. The molecule has 0 saturated heterocycles. The van der Waals surface area contributed by atoms with Gasteiger partial charge >= 0.3 is 0 Å². The molecule has 0 aliphatic heterocycles. The molecule has 0 aromatic heterocycles. The Balaban J connectivity index is 1.48. The van der Waals surface area contributed by atoms with Gasteiger partial charge in [-0.2, -0.15) is 0 Å². The quantitative estimate of drug-likeness (QED) is 0.524. The molecule has 0 radical (unpaired) electrons.